The summed E-state index contributed by atoms with van der Waals surface area (Å²) in [7, 11) is -3.77. The summed E-state index contributed by atoms with van der Waals surface area (Å²) >= 11 is 0. The highest BCUT2D eigenvalue weighted by Crippen LogP contribution is 2.16. The molecule has 32 heavy (non-hydrogen) atoms. The van der Waals surface area contributed by atoms with E-state index in [1.165, 1.54) is 24.4 Å². The number of amides is 1. The first-order chi connectivity index (χ1) is 15.4. The average Bonchev–Trinajstić information content (AvgIpc) is 3.25. The van der Waals surface area contributed by atoms with E-state index in [0.29, 0.717) is 11.5 Å². The molecule has 0 bridgehead atoms. The number of carbonyl (C=O) groups is 1. The number of sulfonamides is 1. The third-order valence-corrected chi connectivity index (χ3v) is 6.19. The highest BCUT2D eigenvalue weighted by Gasteiger charge is 2.16. The number of hydrogen-bond donors (Lipinski definition) is 2. The van der Waals surface area contributed by atoms with Gasteiger partial charge in [0.25, 0.3) is 5.91 Å². The first-order valence-corrected chi connectivity index (χ1v) is 11.3. The van der Waals surface area contributed by atoms with Crippen molar-refractivity contribution >= 4 is 21.6 Å². The van der Waals surface area contributed by atoms with Crippen molar-refractivity contribution < 1.29 is 13.2 Å². The normalized spacial score (nSPS) is 11.3. The molecular formula is C23H21N5O3S. The molecule has 2 aromatic heterocycles. The number of anilines is 1. The van der Waals surface area contributed by atoms with Gasteiger partial charge in [0.05, 0.1) is 16.8 Å². The van der Waals surface area contributed by atoms with Crippen molar-refractivity contribution in [2.24, 2.45) is 0 Å². The van der Waals surface area contributed by atoms with Gasteiger partial charge < -0.3 is 5.32 Å². The monoisotopic (exact) mass is 447 g/mol. The molecule has 0 saturated carbocycles. The molecule has 0 unspecified atom stereocenters. The van der Waals surface area contributed by atoms with Crippen LogP contribution in [0.15, 0.2) is 90.2 Å². The van der Waals surface area contributed by atoms with Gasteiger partial charge in [-0.2, -0.15) is 0 Å². The van der Waals surface area contributed by atoms with Crippen LogP contribution in [-0.2, 0) is 16.6 Å². The van der Waals surface area contributed by atoms with Crippen LogP contribution < -0.4 is 10.0 Å². The highest BCUT2D eigenvalue weighted by atomic mass is 32.2. The van der Waals surface area contributed by atoms with Gasteiger partial charge in [-0.3, -0.25) is 9.36 Å². The van der Waals surface area contributed by atoms with Gasteiger partial charge in [-0.25, -0.2) is 23.1 Å². The number of nitrogens with zero attached hydrogens (tertiary/aromatic N) is 3. The number of benzene rings is 2. The van der Waals surface area contributed by atoms with Crippen LogP contribution in [0, 0.1) is 6.92 Å². The predicted octanol–water partition coefficient (Wildman–Crippen LogP) is 3.31. The molecule has 0 spiro atoms. The van der Waals surface area contributed by atoms with Crippen molar-refractivity contribution in [3.8, 4) is 5.82 Å². The van der Waals surface area contributed by atoms with Gasteiger partial charge in [-0.1, -0.05) is 36.4 Å². The zero-order valence-corrected chi connectivity index (χ0v) is 18.1. The van der Waals surface area contributed by atoms with E-state index in [4.69, 9.17) is 0 Å². The van der Waals surface area contributed by atoms with E-state index in [1.807, 2.05) is 41.8 Å². The Morgan fingerprint density at radius 2 is 1.81 bits per heavy atom. The van der Waals surface area contributed by atoms with Gasteiger partial charge in [0, 0.05) is 24.5 Å². The largest absolute Gasteiger partial charge is 0.321 e. The predicted molar refractivity (Wildman–Crippen MR) is 121 cm³/mol. The lowest BCUT2D eigenvalue weighted by Gasteiger charge is -2.10. The molecule has 0 fully saturated rings. The molecule has 0 radical (unpaired) electrons. The van der Waals surface area contributed by atoms with Crippen LogP contribution in [0.5, 0.6) is 0 Å². The van der Waals surface area contributed by atoms with E-state index in [2.05, 4.69) is 20.0 Å². The average molecular weight is 448 g/mol. The Labute approximate surface area is 186 Å². The summed E-state index contributed by atoms with van der Waals surface area (Å²) in [5.41, 5.74) is 1.56. The Morgan fingerprint density at radius 1 is 1.00 bits per heavy atom. The standard InChI is InChI=1S/C23H21N5O3S/c1-17-24-12-13-28(17)22-11-10-20(16-25-22)27-23(29)19-8-5-9-21(14-19)32(30,31)26-15-18-6-3-2-4-7-18/h2-14,16,26H,15H2,1H3,(H,27,29). The summed E-state index contributed by atoms with van der Waals surface area (Å²) in [6.45, 7) is 2.03. The zero-order valence-electron chi connectivity index (χ0n) is 17.3. The molecule has 0 atom stereocenters. The molecule has 0 aliphatic carbocycles. The number of pyridine rings is 1. The molecule has 0 aliphatic heterocycles. The summed E-state index contributed by atoms with van der Waals surface area (Å²) in [4.78, 5) is 21.2. The van der Waals surface area contributed by atoms with Gasteiger partial charge in [-0.05, 0) is 42.8 Å². The van der Waals surface area contributed by atoms with E-state index < -0.39 is 15.9 Å². The lowest BCUT2D eigenvalue weighted by Crippen LogP contribution is -2.23. The third-order valence-electron chi connectivity index (χ3n) is 4.79. The van der Waals surface area contributed by atoms with Crippen molar-refractivity contribution in [1.29, 1.82) is 0 Å². The van der Waals surface area contributed by atoms with Crippen LogP contribution in [0.1, 0.15) is 21.7 Å². The molecule has 2 heterocycles. The third kappa shape index (κ3) is 4.90. The maximum absolute atomic E-state index is 12.7. The van der Waals surface area contributed by atoms with Gasteiger partial charge in [-0.15, -0.1) is 0 Å². The summed E-state index contributed by atoms with van der Waals surface area (Å²) in [5.74, 6) is 1.04. The van der Waals surface area contributed by atoms with Crippen molar-refractivity contribution in [3.05, 3.63) is 102 Å². The molecule has 2 N–H and O–H groups in total. The molecule has 1 amide bonds. The Morgan fingerprint density at radius 3 is 2.50 bits per heavy atom. The summed E-state index contributed by atoms with van der Waals surface area (Å²) < 4.78 is 29.7. The molecule has 0 aliphatic rings. The lowest BCUT2D eigenvalue weighted by molar-refractivity contribution is 0.102. The van der Waals surface area contributed by atoms with E-state index in [-0.39, 0.29) is 17.0 Å². The minimum absolute atomic E-state index is 0.0186. The van der Waals surface area contributed by atoms with Crippen molar-refractivity contribution in [1.82, 2.24) is 19.3 Å². The number of hydrogen-bond acceptors (Lipinski definition) is 5. The van der Waals surface area contributed by atoms with Crippen LogP contribution in [0.25, 0.3) is 5.82 Å². The van der Waals surface area contributed by atoms with Crippen LogP contribution in [0.4, 0.5) is 5.69 Å². The fourth-order valence-electron chi connectivity index (χ4n) is 3.09. The van der Waals surface area contributed by atoms with Crippen molar-refractivity contribution in [2.75, 3.05) is 5.32 Å². The van der Waals surface area contributed by atoms with E-state index >= 15 is 0 Å². The van der Waals surface area contributed by atoms with Crippen molar-refractivity contribution in [2.45, 2.75) is 18.4 Å². The minimum atomic E-state index is -3.77. The second-order valence-corrected chi connectivity index (χ2v) is 8.81. The second-order valence-electron chi connectivity index (χ2n) is 7.04. The first-order valence-electron chi connectivity index (χ1n) is 9.84. The smallest absolute Gasteiger partial charge is 0.255 e. The summed E-state index contributed by atoms with van der Waals surface area (Å²) in [5, 5.41) is 2.74. The first kappa shape index (κ1) is 21.4. The van der Waals surface area contributed by atoms with Crippen LogP contribution in [0.2, 0.25) is 0 Å². The Hall–Kier alpha value is -3.82. The molecule has 162 valence electrons. The molecule has 9 heteroatoms. The van der Waals surface area contributed by atoms with Crippen LogP contribution in [-0.4, -0.2) is 28.9 Å². The summed E-state index contributed by atoms with van der Waals surface area (Å²) in [6.07, 6.45) is 5.02. The maximum atomic E-state index is 12.7. The molecule has 4 aromatic rings. The zero-order chi connectivity index (χ0) is 22.6. The number of aryl methyl sites for hydroxylation is 1. The SMILES string of the molecule is Cc1nccn1-c1ccc(NC(=O)c2cccc(S(=O)(=O)NCc3ccccc3)c2)cn1. The second kappa shape index (κ2) is 9.13. The van der Waals surface area contributed by atoms with Crippen LogP contribution >= 0.6 is 0 Å². The Balaban J connectivity index is 1.45. The van der Waals surface area contributed by atoms with E-state index in [1.54, 1.807) is 30.6 Å². The molecule has 8 nitrogen and oxygen atoms in total. The number of imidazole rings is 1. The van der Waals surface area contributed by atoms with Gasteiger partial charge in [0.2, 0.25) is 10.0 Å². The molecule has 4 rings (SSSR count). The fourth-order valence-corrected chi connectivity index (χ4v) is 4.15. The van der Waals surface area contributed by atoms with Crippen molar-refractivity contribution in [3.63, 3.8) is 0 Å². The minimum Gasteiger partial charge on any atom is -0.321 e. The number of nitrogens with one attached hydrogen (secondary N) is 2. The summed E-state index contributed by atoms with van der Waals surface area (Å²) in [6, 6.07) is 18.6. The molecular weight excluding hydrogens is 426 g/mol. The number of rotatable bonds is 7. The van der Waals surface area contributed by atoms with E-state index in [0.717, 1.165) is 11.4 Å². The topological polar surface area (TPSA) is 106 Å². The number of aromatic nitrogens is 3. The van der Waals surface area contributed by atoms with E-state index in [9.17, 15) is 13.2 Å². The van der Waals surface area contributed by atoms with Crippen LogP contribution in [0.3, 0.4) is 0 Å². The maximum Gasteiger partial charge on any atom is 0.255 e. The van der Waals surface area contributed by atoms with Gasteiger partial charge in [0.1, 0.15) is 11.6 Å². The highest BCUT2D eigenvalue weighted by molar-refractivity contribution is 7.89. The van der Waals surface area contributed by atoms with Gasteiger partial charge in [0.15, 0.2) is 0 Å². The Bertz CT molecular complexity index is 1330. The lowest BCUT2D eigenvalue weighted by atomic mass is 10.2. The molecule has 2 aromatic carbocycles. The Kier molecular flexibility index (Phi) is 6.11. The molecule has 0 saturated heterocycles. The van der Waals surface area contributed by atoms with Gasteiger partial charge >= 0.3 is 0 Å². The number of carbonyl (C=O) groups excluding carboxylic acids is 1. The quantitative estimate of drug-likeness (QED) is 0.452. The fraction of sp³-hybridized carbons (Fsp3) is 0.0870.